The van der Waals surface area contributed by atoms with Crippen LogP contribution in [-0.2, 0) is 0 Å². The molecule has 1 aromatic carbocycles. The van der Waals surface area contributed by atoms with E-state index in [1.54, 1.807) is 11.3 Å². The molecule has 0 aliphatic carbocycles. The maximum absolute atomic E-state index is 9.38. The van der Waals surface area contributed by atoms with Crippen molar-refractivity contribution in [1.82, 2.24) is 0 Å². The number of aliphatic hydroxyl groups is 1. The third kappa shape index (κ3) is 2.84. The van der Waals surface area contributed by atoms with Gasteiger partial charge in [-0.1, -0.05) is 18.2 Å². The highest BCUT2D eigenvalue weighted by atomic mass is 79.9. The lowest BCUT2D eigenvalue weighted by atomic mass is 10.2. The fourth-order valence-corrected chi connectivity index (χ4v) is 2.94. The molecule has 0 bridgehead atoms. The number of anilines is 1. The van der Waals surface area contributed by atoms with Crippen molar-refractivity contribution in [1.29, 1.82) is 0 Å². The lowest BCUT2D eigenvalue weighted by molar-refractivity contribution is 0.278. The molecule has 0 amide bonds. The van der Waals surface area contributed by atoms with Gasteiger partial charge in [-0.05, 0) is 34.1 Å². The van der Waals surface area contributed by atoms with Crippen molar-refractivity contribution in [3.05, 3.63) is 51.1 Å². The van der Waals surface area contributed by atoms with Gasteiger partial charge in [0.1, 0.15) is 0 Å². The smallest absolute Gasteiger partial charge is 0.0838 e. The van der Waals surface area contributed by atoms with Crippen molar-refractivity contribution in [2.24, 2.45) is 0 Å². The summed E-state index contributed by atoms with van der Waals surface area (Å²) in [4.78, 5) is 1.12. The number of benzene rings is 1. The minimum Gasteiger partial charge on any atom is -0.394 e. The second-order valence-electron chi connectivity index (χ2n) is 3.41. The standard InChI is InChI=1S/C12H12BrNOS/c13-9-6-12(16-8-9)11(7-15)14-10-4-2-1-3-5-10/h1-6,8,11,14-15H,7H2. The molecular formula is C12H12BrNOS. The van der Waals surface area contributed by atoms with Gasteiger partial charge in [0.25, 0.3) is 0 Å². The minimum absolute atomic E-state index is 0.0429. The van der Waals surface area contributed by atoms with Crippen molar-refractivity contribution >= 4 is 33.0 Å². The van der Waals surface area contributed by atoms with Gasteiger partial charge in [-0.25, -0.2) is 0 Å². The SMILES string of the molecule is OCC(Nc1ccccc1)c1cc(Br)cs1. The summed E-state index contributed by atoms with van der Waals surface area (Å²) in [6, 6.07) is 11.9. The summed E-state index contributed by atoms with van der Waals surface area (Å²) in [7, 11) is 0. The van der Waals surface area contributed by atoms with Crippen LogP contribution in [-0.4, -0.2) is 11.7 Å². The minimum atomic E-state index is -0.0429. The number of nitrogens with one attached hydrogen (secondary N) is 1. The molecule has 1 atom stereocenters. The molecule has 2 aromatic rings. The molecule has 2 rings (SSSR count). The van der Waals surface area contributed by atoms with Crippen LogP contribution in [0.1, 0.15) is 10.9 Å². The number of aliphatic hydroxyl groups excluding tert-OH is 1. The zero-order valence-electron chi connectivity index (χ0n) is 8.56. The summed E-state index contributed by atoms with van der Waals surface area (Å²) >= 11 is 5.05. The van der Waals surface area contributed by atoms with Gasteiger partial charge in [0.15, 0.2) is 0 Å². The van der Waals surface area contributed by atoms with E-state index in [0.29, 0.717) is 0 Å². The van der Waals surface area contributed by atoms with Crippen molar-refractivity contribution in [3.63, 3.8) is 0 Å². The van der Waals surface area contributed by atoms with Crippen LogP contribution in [0.4, 0.5) is 5.69 Å². The molecule has 16 heavy (non-hydrogen) atoms. The van der Waals surface area contributed by atoms with Crippen LogP contribution in [0.25, 0.3) is 0 Å². The van der Waals surface area contributed by atoms with E-state index >= 15 is 0 Å². The molecule has 0 saturated carbocycles. The summed E-state index contributed by atoms with van der Waals surface area (Å²) in [5.41, 5.74) is 1.02. The Hall–Kier alpha value is -0.840. The molecule has 0 aliphatic heterocycles. The van der Waals surface area contributed by atoms with Crippen molar-refractivity contribution in [3.8, 4) is 0 Å². The molecule has 4 heteroatoms. The van der Waals surface area contributed by atoms with E-state index in [0.717, 1.165) is 15.0 Å². The molecular weight excluding hydrogens is 286 g/mol. The molecule has 1 aromatic heterocycles. The van der Waals surface area contributed by atoms with Crippen LogP contribution in [0.3, 0.4) is 0 Å². The third-order valence-corrected chi connectivity index (χ3v) is 4.04. The molecule has 1 unspecified atom stereocenters. The molecule has 0 aliphatic rings. The van der Waals surface area contributed by atoms with Crippen molar-refractivity contribution in [2.45, 2.75) is 6.04 Å². The van der Waals surface area contributed by atoms with E-state index in [1.807, 2.05) is 41.8 Å². The van der Waals surface area contributed by atoms with E-state index < -0.39 is 0 Å². The molecule has 0 saturated heterocycles. The molecule has 2 nitrogen and oxygen atoms in total. The van der Waals surface area contributed by atoms with Crippen LogP contribution in [0.15, 0.2) is 46.3 Å². The first kappa shape index (κ1) is 11.6. The monoisotopic (exact) mass is 297 g/mol. The second-order valence-corrected chi connectivity index (χ2v) is 5.27. The van der Waals surface area contributed by atoms with Gasteiger partial charge in [-0.3, -0.25) is 0 Å². The fourth-order valence-electron chi connectivity index (χ4n) is 1.45. The lowest BCUT2D eigenvalue weighted by Gasteiger charge is -2.15. The lowest BCUT2D eigenvalue weighted by Crippen LogP contribution is -2.13. The van der Waals surface area contributed by atoms with Crippen LogP contribution < -0.4 is 5.32 Å². The van der Waals surface area contributed by atoms with Gasteiger partial charge in [-0.15, -0.1) is 11.3 Å². The summed E-state index contributed by atoms with van der Waals surface area (Å²) in [6.07, 6.45) is 0. The highest BCUT2D eigenvalue weighted by Crippen LogP contribution is 2.27. The van der Waals surface area contributed by atoms with Crippen LogP contribution in [0, 0.1) is 0 Å². The molecule has 2 N–H and O–H groups in total. The number of hydrogen-bond acceptors (Lipinski definition) is 3. The summed E-state index contributed by atoms with van der Waals surface area (Å²) in [6.45, 7) is 0.0852. The average Bonchev–Trinajstić information content (AvgIpc) is 2.74. The largest absolute Gasteiger partial charge is 0.394 e. The third-order valence-electron chi connectivity index (χ3n) is 2.23. The predicted molar refractivity (Wildman–Crippen MR) is 71.9 cm³/mol. The highest BCUT2D eigenvalue weighted by Gasteiger charge is 2.11. The van der Waals surface area contributed by atoms with Gasteiger partial charge in [0, 0.05) is 20.4 Å². The Labute approximate surface area is 107 Å². The fraction of sp³-hybridized carbons (Fsp3) is 0.167. The van der Waals surface area contributed by atoms with Crippen LogP contribution in [0.2, 0.25) is 0 Å². The number of hydrogen-bond donors (Lipinski definition) is 2. The van der Waals surface area contributed by atoms with Gasteiger partial charge >= 0.3 is 0 Å². The quantitative estimate of drug-likeness (QED) is 0.903. The molecule has 1 heterocycles. The molecule has 0 spiro atoms. The Balaban J connectivity index is 2.12. The number of rotatable bonds is 4. The first-order chi connectivity index (χ1) is 7.79. The Morgan fingerprint density at radius 2 is 2.06 bits per heavy atom. The number of thiophene rings is 1. The van der Waals surface area contributed by atoms with Crippen molar-refractivity contribution in [2.75, 3.05) is 11.9 Å². The summed E-state index contributed by atoms with van der Waals surface area (Å²) < 4.78 is 1.06. The van der Waals surface area contributed by atoms with E-state index in [4.69, 9.17) is 0 Å². The van der Waals surface area contributed by atoms with E-state index in [-0.39, 0.29) is 12.6 Å². The Bertz CT molecular complexity index is 443. The summed E-state index contributed by atoms with van der Waals surface area (Å²) in [5, 5.41) is 14.7. The van der Waals surface area contributed by atoms with Gasteiger partial charge in [0.2, 0.25) is 0 Å². The number of halogens is 1. The first-order valence-electron chi connectivity index (χ1n) is 4.96. The molecule has 0 fully saturated rings. The van der Waals surface area contributed by atoms with Crippen LogP contribution >= 0.6 is 27.3 Å². The van der Waals surface area contributed by atoms with Gasteiger partial charge in [-0.2, -0.15) is 0 Å². The molecule has 84 valence electrons. The topological polar surface area (TPSA) is 32.3 Å². The van der Waals surface area contributed by atoms with Crippen LogP contribution in [0.5, 0.6) is 0 Å². The Morgan fingerprint density at radius 1 is 1.31 bits per heavy atom. The maximum Gasteiger partial charge on any atom is 0.0838 e. The normalized spacial score (nSPS) is 12.4. The van der Waals surface area contributed by atoms with Crippen molar-refractivity contribution < 1.29 is 5.11 Å². The van der Waals surface area contributed by atoms with E-state index in [1.165, 1.54) is 0 Å². The predicted octanol–water partition coefficient (Wildman–Crippen LogP) is 3.66. The molecule has 0 radical (unpaired) electrons. The maximum atomic E-state index is 9.38. The average molecular weight is 298 g/mol. The highest BCUT2D eigenvalue weighted by molar-refractivity contribution is 9.10. The number of para-hydroxylation sites is 1. The zero-order valence-corrected chi connectivity index (χ0v) is 11.0. The Morgan fingerprint density at radius 3 is 2.62 bits per heavy atom. The summed E-state index contributed by atoms with van der Waals surface area (Å²) in [5.74, 6) is 0. The van der Waals surface area contributed by atoms with E-state index in [9.17, 15) is 5.11 Å². The van der Waals surface area contributed by atoms with Gasteiger partial charge in [0.05, 0.1) is 12.6 Å². The second kappa shape index (κ2) is 5.48. The van der Waals surface area contributed by atoms with E-state index in [2.05, 4.69) is 21.2 Å². The zero-order chi connectivity index (χ0) is 11.4. The first-order valence-corrected chi connectivity index (χ1v) is 6.63. The van der Waals surface area contributed by atoms with Gasteiger partial charge < -0.3 is 10.4 Å². The Kier molecular flexibility index (Phi) is 3.98.